The first-order chi connectivity index (χ1) is 11.2. The molecule has 116 valence electrons. The lowest BCUT2D eigenvalue weighted by Crippen LogP contribution is -1.92. The summed E-state index contributed by atoms with van der Waals surface area (Å²) in [6.45, 7) is 0.740. The Morgan fingerprint density at radius 2 is 2.13 bits per heavy atom. The summed E-state index contributed by atoms with van der Waals surface area (Å²) in [7, 11) is 1.84. The molecule has 0 saturated carbocycles. The predicted octanol–water partition coefficient (Wildman–Crippen LogP) is 2.70. The lowest BCUT2D eigenvalue weighted by Gasteiger charge is -2.06. The number of imidazole rings is 1. The largest absolute Gasteiger partial charge is 0.493 e. The number of anilines is 2. The summed E-state index contributed by atoms with van der Waals surface area (Å²) in [5.74, 6) is 2.15. The van der Waals surface area contributed by atoms with Crippen LogP contribution in [0.4, 0.5) is 11.8 Å². The van der Waals surface area contributed by atoms with E-state index in [4.69, 9.17) is 10.5 Å². The van der Waals surface area contributed by atoms with E-state index in [0.717, 1.165) is 47.1 Å². The van der Waals surface area contributed by atoms with Crippen molar-refractivity contribution in [2.75, 3.05) is 24.7 Å². The Labute approximate surface area is 133 Å². The molecule has 4 N–H and O–H groups in total. The van der Waals surface area contributed by atoms with Gasteiger partial charge in [-0.25, -0.2) is 9.97 Å². The van der Waals surface area contributed by atoms with Crippen molar-refractivity contribution in [2.45, 2.75) is 6.42 Å². The summed E-state index contributed by atoms with van der Waals surface area (Å²) in [6, 6.07) is 10.0. The van der Waals surface area contributed by atoms with E-state index in [1.54, 1.807) is 6.20 Å². The topological polar surface area (TPSA) is 88.9 Å². The van der Waals surface area contributed by atoms with Gasteiger partial charge >= 0.3 is 0 Å². The Kier molecular flexibility index (Phi) is 3.15. The molecule has 6 heteroatoms. The molecule has 0 unspecified atom stereocenters. The van der Waals surface area contributed by atoms with Crippen LogP contribution < -0.4 is 15.8 Å². The van der Waals surface area contributed by atoms with Gasteiger partial charge in [0.15, 0.2) is 5.95 Å². The van der Waals surface area contributed by atoms with Crippen molar-refractivity contribution in [1.29, 1.82) is 0 Å². The number of nitrogen functional groups attached to an aromatic ring is 1. The van der Waals surface area contributed by atoms with Crippen LogP contribution in [-0.4, -0.2) is 28.6 Å². The number of benzene rings is 1. The first-order valence-electron chi connectivity index (χ1n) is 7.50. The van der Waals surface area contributed by atoms with Crippen LogP contribution in [0.2, 0.25) is 0 Å². The lowest BCUT2D eigenvalue weighted by molar-refractivity contribution is 0.357. The number of fused-ring (bicyclic) bond motifs is 1. The second-order valence-corrected chi connectivity index (χ2v) is 5.45. The minimum atomic E-state index is 0.398. The predicted molar refractivity (Wildman–Crippen MR) is 90.4 cm³/mol. The normalized spacial score (nSPS) is 12.7. The molecule has 2 aromatic heterocycles. The van der Waals surface area contributed by atoms with Crippen molar-refractivity contribution in [1.82, 2.24) is 15.0 Å². The molecule has 0 fully saturated rings. The van der Waals surface area contributed by atoms with Crippen molar-refractivity contribution in [3.05, 3.63) is 42.1 Å². The second kappa shape index (κ2) is 5.31. The van der Waals surface area contributed by atoms with E-state index >= 15 is 0 Å². The molecule has 1 aliphatic rings. The summed E-state index contributed by atoms with van der Waals surface area (Å²) in [5.41, 5.74) is 10.9. The first-order valence-corrected chi connectivity index (χ1v) is 7.50. The standard InChI is InChI=1S/C17H17N5O/c1-19-14-9-12(4-6-20-14)16-15(21-17(18)22-16)11-2-3-13-10(8-11)5-7-23-13/h2-4,6,8-9H,5,7H2,1H3,(H,19,20)(H3,18,21,22). The highest BCUT2D eigenvalue weighted by Crippen LogP contribution is 2.35. The number of aromatic nitrogens is 3. The zero-order valence-electron chi connectivity index (χ0n) is 12.8. The number of nitrogens with one attached hydrogen (secondary N) is 2. The Balaban J connectivity index is 1.83. The number of rotatable bonds is 3. The third kappa shape index (κ3) is 2.38. The quantitative estimate of drug-likeness (QED) is 0.692. The number of nitrogens with two attached hydrogens (primary N) is 1. The smallest absolute Gasteiger partial charge is 0.198 e. The fourth-order valence-electron chi connectivity index (χ4n) is 2.87. The fourth-order valence-corrected chi connectivity index (χ4v) is 2.87. The Morgan fingerprint density at radius 3 is 3.00 bits per heavy atom. The molecule has 6 nitrogen and oxygen atoms in total. The molecule has 0 bridgehead atoms. The van der Waals surface area contributed by atoms with E-state index in [1.165, 1.54) is 5.56 Å². The van der Waals surface area contributed by atoms with Gasteiger partial charge in [-0.3, -0.25) is 0 Å². The van der Waals surface area contributed by atoms with Gasteiger partial charge in [0.25, 0.3) is 0 Å². The fraction of sp³-hybridized carbons (Fsp3) is 0.176. The number of nitrogens with zero attached hydrogens (tertiary/aromatic N) is 2. The van der Waals surface area contributed by atoms with Gasteiger partial charge in [0, 0.05) is 30.8 Å². The molecule has 1 aromatic carbocycles. The Hall–Kier alpha value is -3.02. The first kappa shape index (κ1) is 13.6. The maximum atomic E-state index is 5.91. The van der Waals surface area contributed by atoms with Crippen molar-refractivity contribution in [2.24, 2.45) is 0 Å². The Morgan fingerprint density at radius 1 is 1.22 bits per heavy atom. The van der Waals surface area contributed by atoms with E-state index in [-0.39, 0.29) is 0 Å². The van der Waals surface area contributed by atoms with Crippen molar-refractivity contribution in [3.63, 3.8) is 0 Å². The molecule has 4 rings (SSSR count). The summed E-state index contributed by atoms with van der Waals surface area (Å²) in [6.07, 6.45) is 2.69. The summed E-state index contributed by atoms with van der Waals surface area (Å²) in [4.78, 5) is 11.9. The molecule has 0 atom stereocenters. The van der Waals surface area contributed by atoms with Crippen LogP contribution in [-0.2, 0) is 6.42 Å². The van der Waals surface area contributed by atoms with Gasteiger partial charge in [0.2, 0.25) is 0 Å². The highest BCUT2D eigenvalue weighted by molar-refractivity contribution is 5.81. The lowest BCUT2D eigenvalue weighted by atomic mass is 10.0. The van der Waals surface area contributed by atoms with Gasteiger partial charge in [-0.1, -0.05) is 0 Å². The summed E-state index contributed by atoms with van der Waals surface area (Å²) >= 11 is 0. The molecular formula is C17H17N5O. The average molecular weight is 307 g/mol. The molecule has 0 radical (unpaired) electrons. The molecular weight excluding hydrogens is 290 g/mol. The van der Waals surface area contributed by atoms with E-state index in [1.807, 2.05) is 31.3 Å². The zero-order valence-corrected chi connectivity index (χ0v) is 12.8. The summed E-state index contributed by atoms with van der Waals surface area (Å²) < 4.78 is 5.57. The monoisotopic (exact) mass is 307 g/mol. The molecule has 0 spiro atoms. The van der Waals surface area contributed by atoms with Crippen LogP contribution in [0.1, 0.15) is 5.56 Å². The number of pyridine rings is 1. The van der Waals surface area contributed by atoms with Crippen LogP contribution in [0.15, 0.2) is 36.5 Å². The highest BCUT2D eigenvalue weighted by Gasteiger charge is 2.17. The van der Waals surface area contributed by atoms with Gasteiger partial charge in [0.05, 0.1) is 18.0 Å². The van der Waals surface area contributed by atoms with Crippen LogP contribution in [0, 0.1) is 0 Å². The second-order valence-electron chi connectivity index (χ2n) is 5.45. The van der Waals surface area contributed by atoms with E-state index in [0.29, 0.717) is 5.95 Å². The minimum Gasteiger partial charge on any atom is -0.493 e. The number of aromatic amines is 1. The summed E-state index contributed by atoms with van der Waals surface area (Å²) in [5, 5.41) is 3.04. The third-order valence-electron chi connectivity index (χ3n) is 3.99. The van der Waals surface area contributed by atoms with E-state index < -0.39 is 0 Å². The zero-order chi connectivity index (χ0) is 15.8. The van der Waals surface area contributed by atoms with Crippen molar-refractivity contribution < 1.29 is 4.74 Å². The highest BCUT2D eigenvalue weighted by atomic mass is 16.5. The molecule has 3 aromatic rings. The molecule has 23 heavy (non-hydrogen) atoms. The third-order valence-corrected chi connectivity index (χ3v) is 3.99. The van der Waals surface area contributed by atoms with Crippen LogP contribution in [0.25, 0.3) is 22.5 Å². The molecule has 0 amide bonds. The SMILES string of the molecule is CNc1cc(-c2[nH]c(N)nc2-c2ccc3c(c2)CCO3)ccn1. The van der Waals surface area contributed by atoms with Crippen molar-refractivity contribution in [3.8, 4) is 28.3 Å². The van der Waals surface area contributed by atoms with Gasteiger partial charge in [-0.2, -0.15) is 0 Å². The number of ether oxygens (including phenoxy) is 1. The van der Waals surface area contributed by atoms with Gasteiger partial charge in [-0.05, 0) is 35.9 Å². The Bertz CT molecular complexity index is 871. The van der Waals surface area contributed by atoms with Gasteiger partial charge < -0.3 is 20.8 Å². The number of hydrogen-bond donors (Lipinski definition) is 3. The number of H-pyrrole nitrogens is 1. The molecule has 3 heterocycles. The van der Waals surface area contributed by atoms with Gasteiger partial charge in [-0.15, -0.1) is 0 Å². The van der Waals surface area contributed by atoms with Gasteiger partial charge in [0.1, 0.15) is 11.6 Å². The van der Waals surface area contributed by atoms with Crippen LogP contribution in [0.3, 0.4) is 0 Å². The molecule has 0 saturated heterocycles. The average Bonchev–Trinajstić information content (AvgIpc) is 3.20. The molecule has 1 aliphatic heterocycles. The van der Waals surface area contributed by atoms with E-state index in [2.05, 4.69) is 26.3 Å². The van der Waals surface area contributed by atoms with E-state index in [9.17, 15) is 0 Å². The molecule has 0 aliphatic carbocycles. The maximum Gasteiger partial charge on any atom is 0.198 e. The van der Waals surface area contributed by atoms with Crippen LogP contribution in [0.5, 0.6) is 5.75 Å². The van der Waals surface area contributed by atoms with Crippen molar-refractivity contribution >= 4 is 11.8 Å². The van der Waals surface area contributed by atoms with Crippen LogP contribution >= 0.6 is 0 Å². The number of hydrogen-bond acceptors (Lipinski definition) is 5. The maximum absolute atomic E-state index is 5.91. The minimum absolute atomic E-state index is 0.398.